The van der Waals surface area contributed by atoms with E-state index < -0.39 is 0 Å². The molecule has 0 aliphatic heterocycles. The standard InChI is InChI=1S/C13H16O.C8H13NS.C2H6/c1-10(2)14-13-9-5-7-11-6-3-4-8-12(11)13;1-2-5-9-7-8-4-3-6-10-8;1-2/h5,7,9H,1,3-4,6,8H2,2H3;3-4,6,9H,2,5,7H2,1H3;1-2H3. The van der Waals surface area contributed by atoms with Crippen LogP contribution in [0.25, 0.3) is 0 Å². The minimum absolute atomic E-state index is 0.768. The second-order valence-corrected chi connectivity index (χ2v) is 7.19. The lowest BCUT2D eigenvalue weighted by atomic mass is 9.91. The van der Waals surface area contributed by atoms with Crippen LogP contribution < -0.4 is 10.1 Å². The molecule has 1 N–H and O–H groups in total. The molecule has 0 unspecified atom stereocenters. The van der Waals surface area contributed by atoms with Crippen LogP contribution in [0.4, 0.5) is 0 Å². The van der Waals surface area contributed by atoms with Crippen LogP contribution in [-0.2, 0) is 19.4 Å². The highest BCUT2D eigenvalue weighted by Crippen LogP contribution is 2.30. The highest BCUT2D eigenvalue weighted by Gasteiger charge is 2.13. The molecule has 1 aromatic carbocycles. The molecular weight excluding hydrogens is 338 g/mol. The average Bonchev–Trinajstić information content (AvgIpc) is 3.18. The molecule has 0 bridgehead atoms. The number of hydrogen-bond donors (Lipinski definition) is 1. The number of rotatable bonds is 6. The highest BCUT2D eigenvalue weighted by molar-refractivity contribution is 7.09. The van der Waals surface area contributed by atoms with E-state index in [9.17, 15) is 0 Å². The van der Waals surface area contributed by atoms with Crippen molar-refractivity contribution >= 4 is 11.3 Å². The van der Waals surface area contributed by atoms with Crippen molar-refractivity contribution in [2.45, 2.75) is 66.3 Å². The van der Waals surface area contributed by atoms with Crippen molar-refractivity contribution in [1.29, 1.82) is 0 Å². The van der Waals surface area contributed by atoms with Gasteiger partial charge in [-0.25, -0.2) is 0 Å². The van der Waals surface area contributed by atoms with Crippen molar-refractivity contribution in [3.05, 3.63) is 64.1 Å². The summed E-state index contributed by atoms with van der Waals surface area (Å²) in [6, 6.07) is 10.6. The van der Waals surface area contributed by atoms with Crippen LogP contribution in [-0.4, -0.2) is 6.54 Å². The molecule has 0 atom stereocenters. The summed E-state index contributed by atoms with van der Waals surface area (Å²) in [6.07, 6.45) is 6.15. The number of ether oxygens (including phenoxy) is 1. The summed E-state index contributed by atoms with van der Waals surface area (Å²) in [5.41, 5.74) is 2.84. The summed E-state index contributed by atoms with van der Waals surface area (Å²) in [5, 5.41) is 5.46. The van der Waals surface area contributed by atoms with Crippen LogP contribution in [0.2, 0.25) is 0 Å². The zero-order valence-corrected chi connectivity index (χ0v) is 17.8. The zero-order valence-electron chi connectivity index (χ0n) is 16.9. The Morgan fingerprint density at radius 1 is 1.15 bits per heavy atom. The topological polar surface area (TPSA) is 21.3 Å². The molecule has 1 aliphatic rings. The molecule has 0 fully saturated rings. The van der Waals surface area contributed by atoms with E-state index in [2.05, 4.69) is 48.5 Å². The van der Waals surface area contributed by atoms with Crippen LogP contribution in [0.3, 0.4) is 0 Å². The van der Waals surface area contributed by atoms with E-state index in [0.717, 1.165) is 31.0 Å². The minimum Gasteiger partial charge on any atom is -0.462 e. The van der Waals surface area contributed by atoms with Gasteiger partial charge in [-0.3, -0.25) is 0 Å². The van der Waals surface area contributed by atoms with E-state index in [1.165, 1.54) is 41.7 Å². The van der Waals surface area contributed by atoms with Gasteiger partial charge in [0.15, 0.2) is 0 Å². The van der Waals surface area contributed by atoms with Crippen molar-refractivity contribution in [2.24, 2.45) is 0 Å². The molecule has 1 aliphatic carbocycles. The molecule has 0 saturated heterocycles. The normalized spacial score (nSPS) is 12.0. The third-order valence-electron chi connectivity index (χ3n) is 3.94. The first kappa shape index (κ1) is 22.5. The first-order valence-electron chi connectivity index (χ1n) is 9.88. The Labute approximate surface area is 164 Å². The van der Waals surface area contributed by atoms with E-state index >= 15 is 0 Å². The third kappa shape index (κ3) is 8.20. The fourth-order valence-electron chi connectivity index (χ4n) is 2.83. The van der Waals surface area contributed by atoms with Crippen molar-refractivity contribution in [1.82, 2.24) is 5.32 Å². The quantitative estimate of drug-likeness (QED) is 0.446. The van der Waals surface area contributed by atoms with Crippen molar-refractivity contribution in [3.63, 3.8) is 0 Å². The molecule has 0 amide bonds. The predicted octanol–water partition coefficient (Wildman–Crippen LogP) is 6.75. The van der Waals surface area contributed by atoms with E-state index in [0.29, 0.717) is 0 Å². The van der Waals surface area contributed by atoms with Crippen molar-refractivity contribution in [3.8, 4) is 5.75 Å². The largest absolute Gasteiger partial charge is 0.462 e. The number of fused-ring (bicyclic) bond motifs is 1. The fourth-order valence-corrected chi connectivity index (χ4v) is 3.51. The maximum absolute atomic E-state index is 5.62. The smallest absolute Gasteiger partial charge is 0.130 e. The lowest BCUT2D eigenvalue weighted by Gasteiger charge is -2.19. The summed E-state index contributed by atoms with van der Waals surface area (Å²) in [7, 11) is 0. The molecule has 3 rings (SSSR count). The monoisotopic (exact) mass is 373 g/mol. The van der Waals surface area contributed by atoms with Gasteiger partial charge < -0.3 is 10.1 Å². The Bertz CT molecular complexity index is 619. The van der Waals surface area contributed by atoms with E-state index in [-0.39, 0.29) is 0 Å². The Hall–Kier alpha value is -1.58. The van der Waals surface area contributed by atoms with E-state index in [4.69, 9.17) is 4.74 Å². The second-order valence-electron chi connectivity index (χ2n) is 6.16. The Balaban J connectivity index is 0.000000249. The molecule has 26 heavy (non-hydrogen) atoms. The number of aryl methyl sites for hydroxylation is 1. The maximum atomic E-state index is 5.62. The van der Waals surface area contributed by atoms with Crippen LogP contribution in [0.1, 0.15) is 63.0 Å². The summed E-state index contributed by atoms with van der Waals surface area (Å²) < 4.78 is 5.62. The van der Waals surface area contributed by atoms with E-state index in [1.54, 1.807) is 0 Å². The summed E-state index contributed by atoms with van der Waals surface area (Å²) in [4.78, 5) is 1.42. The van der Waals surface area contributed by atoms with Gasteiger partial charge >= 0.3 is 0 Å². The van der Waals surface area contributed by atoms with Gasteiger partial charge in [0.2, 0.25) is 0 Å². The van der Waals surface area contributed by atoms with E-state index in [1.807, 2.05) is 38.2 Å². The number of nitrogens with one attached hydrogen (secondary N) is 1. The Morgan fingerprint density at radius 3 is 2.58 bits per heavy atom. The van der Waals surface area contributed by atoms with Gasteiger partial charge in [-0.15, -0.1) is 11.3 Å². The summed E-state index contributed by atoms with van der Waals surface area (Å²) in [5.74, 6) is 1.78. The Kier molecular flexibility index (Phi) is 11.7. The van der Waals surface area contributed by atoms with Crippen LogP contribution >= 0.6 is 11.3 Å². The number of hydrogen-bond acceptors (Lipinski definition) is 3. The Morgan fingerprint density at radius 2 is 1.92 bits per heavy atom. The molecule has 0 radical (unpaired) electrons. The molecule has 1 aromatic heterocycles. The molecular formula is C23H35NOS. The van der Waals surface area contributed by atoms with Crippen molar-refractivity contribution < 1.29 is 4.74 Å². The zero-order chi connectivity index (χ0) is 19.2. The van der Waals surface area contributed by atoms with Gasteiger partial charge in [0.25, 0.3) is 0 Å². The first-order chi connectivity index (χ1) is 12.7. The molecule has 1 heterocycles. The molecule has 144 valence electrons. The van der Waals surface area contributed by atoms with Gasteiger partial charge in [-0.05, 0) is 74.2 Å². The van der Waals surface area contributed by atoms with Crippen molar-refractivity contribution in [2.75, 3.05) is 6.54 Å². The van der Waals surface area contributed by atoms with Gasteiger partial charge in [0.05, 0.1) is 5.76 Å². The summed E-state index contributed by atoms with van der Waals surface area (Å²) in [6.45, 7) is 14.0. The molecule has 3 heteroatoms. The maximum Gasteiger partial charge on any atom is 0.130 e. The lowest BCUT2D eigenvalue weighted by molar-refractivity contribution is 0.421. The van der Waals surface area contributed by atoms with Gasteiger partial charge in [0, 0.05) is 11.4 Å². The molecule has 2 nitrogen and oxygen atoms in total. The average molecular weight is 374 g/mol. The van der Waals surface area contributed by atoms with Crippen LogP contribution in [0.15, 0.2) is 48.0 Å². The second kappa shape index (κ2) is 13.6. The molecule has 0 saturated carbocycles. The molecule has 2 aromatic rings. The van der Waals surface area contributed by atoms with Crippen LogP contribution in [0, 0.1) is 0 Å². The SMILES string of the molecule is C=C(C)Oc1cccc2c1CCCC2.CC.CCCNCc1cccs1. The first-order valence-corrected chi connectivity index (χ1v) is 10.8. The number of allylic oxidation sites excluding steroid dienone is 1. The fraction of sp³-hybridized carbons (Fsp3) is 0.478. The third-order valence-corrected chi connectivity index (χ3v) is 4.82. The summed E-state index contributed by atoms with van der Waals surface area (Å²) >= 11 is 1.81. The number of benzene rings is 1. The lowest BCUT2D eigenvalue weighted by Crippen LogP contribution is -2.12. The van der Waals surface area contributed by atoms with Gasteiger partial charge in [-0.1, -0.05) is 45.5 Å². The highest BCUT2D eigenvalue weighted by atomic mass is 32.1. The van der Waals surface area contributed by atoms with Crippen LogP contribution in [0.5, 0.6) is 5.75 Å². The predicted molar refractivity (Wildman–Crippen MR) is 116 cm³/mol. The molecule has 0 spiro atoms. The minimum atomic E-state index is 0.768. The van der Waals surface area contributed by atoms with Gasteiger partial charge in [0.1, 0.15) is 5.75 Å². The number of thiophene rings is 1. The van der Waals surface area contributed by atoms with Gasteiger partial charge in [-0.2, -0.15) is 0 Å².